The molecule has 0 unspecified atom stereocenters. The number of rotatable bonds is 6. The summed E-state index contributed by atoms with van der Waals surface area (Å²) in [5, 5.41) is 2.19. The number of likely N-dealkylation sites (N-methyl/N-ethyl adjacent to an activating group) is 1. The van der Waals surface area contributed by atoms with E-state index in [9.17, 15) is 8.42 Å². The second-order valence-corrected chi connectivity index (χ2v) is 8.27. The third-order valence-electron chi connectivity index (χ3n) is 3.09. The molecule has 0 saturated carbocycles. The van der Waals surface area contributed by atoms with Gasteiger partial charge in [0.2, 0.25) is 10.0 Å². The molecule has 0 N–H and O–H groups in total. The van der Waals surface area contributed by atoms with Crippen LogP contribution in [0.5, 0.6) is 0 Å². The van der Waals surface area contributed by atoms with Gasteiger partial charge >= 0.3 is 0 Å². The van der Waals surface area contributed by atoms with E-state index in [1.165, 1.54) is 10.4 Å². The molecule has 21 heavy (non-hydrogen) atoms. The highest BCUT2D eigenvalue weighted by molar-refractivity contribution is 7.89. The molecule has 1 aromatic carbocycles. The Kier molecular flexibility index (Phi) is 5.68. The molecule has 7 heteroatoms. The second kappa shape index (κ2) is 7.11. The van der Waals surface area contributed by atoms with E-state index in [-0.39, 0.29) is 15.8 Å². The summed E-state index contributed by atoms with van der Waals surface area (Å²) >= 11 is 13.4. The van der Waals surface area contributed by atoms with Crippen molar-refractivity contribution in [2.24, 2.45) is 0 Å². The third kappa shape index (κ3) is 3.99. The average Bonchev–Trinajstić information content (AvgIpc) is 2.98. The lowest BCUT2D eigenvalue weighted by Gasteiger charge is -2.18. The van der Waals surface area contributed by atoms with Crippen molar-refractivity contribution in [3.8, 4) is 0 Å². The summed E-state index contributed by atoms with van der Waals surface area (Å²) in [7, 11) is -2.05. The summed E-state index contributed by atoms with van der Waals surface area (Å²) in [6.45, 7) is 0.407. The van der Waals surface area contributed by atoms with Crippen LogP contribution in [0.1, 0.15) is 10.4 Å². The van der Waals surface area contributed by atoms with Crippen LogP contribution >= 0.6 is 34.5 Å². The fourth-order valence-corrected chi connectivity index (χ4v) is 4.40. The van der Waals surface area contributed by atoms with E-state index >= 15 is 0 Å². The van der Waals surface area contributed by atoms with Crippen molar-refractivity contribution in [3.05, 3.63) is 51.2 Å². The second-order valence-electron chi connectivity index (χ2n) is 4.55. The molecule has 0 bridgehead atoms. The van der Waals surface area contributed by atoms with Gasteiger partial charge in [-0.25, -0.2) is 12.7 Å². The topological polar surface area (TPSA) is 37.4 Å². The zero-order valence-electron chi connectivity index (χ0n) is 11.4. The van der Waals surface area contributed by atoms with Crippen molar-refractivity contribution in [1.82, 2.24) is 4.31 Å². The first-order valence-corrected chi connectivity index (χ1v) is 9.51. The number of nitrogens with zero attached hydrogens (tertiary/aromatic N) is 1. The summed E-state index contributed by atoms with van der Waals surface area (Å²) < 4.78 is 26.5. The predicted molar refractivity (Wildman–Crippen MR) is 88.8 cm³/mol. The molecule has 1 aromatic heterocycles. The van der Waals surface area contributed by atoms with E-state index in [0.717, 1.165) is 10.4 Å². The highest BCUT2D eigenvalue weighted by atomic mass is 35.5. The number of sulfonamides is 1. The van der Waals surface area contributed by atoms with Crippen LogP contribution in [-0.4, -0.2) is 26.3 Å². The van der Waals surface area contributed by atoms with Gasteiger partial charge in [-0.2, -0.15) is 0 Å². The molecule has 0 atom stereocenters. The quantitative estimate of drug-likeness (QED) is 0.727. The largest absolute Gasteiger partial charge is 0.244 e. The van der Waals surface area contributed by atoms with Crippen LogP contribution in [0.15, 0.2) is 40.6 Å². The van der Waals surface area contributed by atoms with Crippen molar-refractivity contribution < 1.29 is 8.42 Å². The Morgan fingerprint density at radius 1 is 1.29 bits per heavy atom. The van der Waals surface area contributed by atoms with Crippen LogP contribution in [0.4, 0.5) is 0 Å². The highest BCUT2D eigenvalue weighted by Gasteiger charge is 2.23. The Morgan fingerprint density at radius 3 is 2.67 bits per heavy atom. The van der Waals surface area contributed by atoms with Crippen molar-refractivity contribution in [2.45, 2.75) is 17.2 Å². The van der Waals surface area contributed by atoms with Gasteiger partial charge in [0.1, 0.15) is 4.90 Å². The van der Waals surface area contributed by atoms with Crippen LogP contribution in [-0.2, 0) is 22.3 Å². The Hall–Kier alpha value is -0.590. The van der Waals surface area contributed by atoms with Gasteiger partial charge in [-0.05, 0) is 35.6 Å². The van der Waals surface area contributed by atoms with Crippen molar-refractivity contribution in [1.29, 1.82) is 0 Å². The molecule has 0 aliphatic rings. The van der Waals surface area contributed by atoms with Crippen molar-refractivity contribution >= 4 is 44.6 Å². The first-order valence-electron chi connectivity index (χ1n) is 6.28. The molecule has 0 fully saturated rings. The van der Waals surface area contributed by atoms with Gasteiger partial charge in [-0.15, -0.1) is 22.9 Å². The normalized spacial score (nSPS) is 12.0. The highest BCUT2D eigenvalue weighted by Crippen LogP contribution is 2.26. The Bertz CT molecular complexity index is 700. The van der Waals surface area contributed by atoms with E-state index in [2.05, 4.69) is 0 Å². The van der Waals surface area contributed by atoms with Gasteiger partial charge in [-0.1, -0.05) is 23.7 Å². The van der Waals surface area contributed by atoms with Crippen LogP contribution < -0.4 is 0 Å². The van der Waals surface area contributed by atoms with Gasteiger partial charge in [0.15, 0.2) is 0 Å². The number of hydrogen-bond acceptors (Lipinski definition) is 3. The Labute approximate surface area is 139 Å². The van der Waals surface area contributed by atoms with E-state index in [1.54, 1.807) is 30.5 Å². The van der Waals surface area contributed by atoms with Crippen LogP contribution in [0, 0.1) is 0 Å². The van der Waals surface area contributed by atoms with Crippen LogP contribution in [0.3, 0.4) is 0 Å². The number of hydrogen-bond donors (Lipinski definition) is 0. The van der Waals surface area contributed by atoms with Gasteiger partial charge in [0.05, 0.1) is 5.02 Å². The zero-order chi connectivity index (χ0) is 15.5. The predicted octanol–water partition coefficient (Wildman–Crippen LogP) is 4.00. The lowest BCUT2D eigenvalue weighted by molar-refractivity contribution is 0.473. The van der Waals surface area contributed by atoms with Crippen LogP contribution in [0.2, 0.25) is 5.02 Å². The molecule has 0 spiro atoms. The zero-order valence-corrected chi connectivity index (χ0v) is 14.6. The first kappa shape index (κ1) is 16.8. The van der Waals surface area contributed by atoms with E-state index in [1.807, 2.05) is 17.5 Å². The molecule has 0 radical (unpaired) electrons. The standard InChI is InChI=1S/C14H15Cl2NO2S2/c1-17(7-6-12-3-2-8-20-12)21(18,19)14-9-11(10-15)4-5-13(14)16/h2-5,8-9H,6-7,10H2,1H3. The van der Waals surface area contributed by atoms with E-state index in [4.69, 9.17) is 23.2 Å². The molecule has 2 aromatic rings. The molecule has 0 amide bonds. The molecule has 0 saturated heterocycles. The maximum Gasteiger partial charge on any atom is 0.244 e. The minimum Gasteiger partial charge on any atom is -0.207 e. The molecule has 3 nitrogen and oxygen atoms in total. The van der Waals surface area contributed by atoms with Crippen molar-refractivity contribution in [2.75, 3.05) is 13.6 Å². The van der Waals surface area contributed by atoms with Gasteiger partial charge < -0.3 is 0 Å². The summed E-state index contributed by atoms with van der Waals surface area (Å²) in [5.41, 5.74) is 0.728. The number of benzene rings is 1. The van der Waals surface area contributed by atoms with E-state index in [0.29, 0.717) is 13.0 Å². The SMILES string of the molecule is CN(CCc1cccs1)S(=O)(=O)c1cc(CCl)ccc1Cl. The number of alkyl halides is 1. The molecule has 0 aliphatic carbocycles. The molecular formula is C14H15Cl2NO2S2. The molecule has 114 valence electrons. The van der Waals surface area contributed by atoms with E-state index < -0.39 is 10.0 Å². The summed E-state index contributed by atoms with van der Waals surface area (Å²) in [4.78, 5) is 1.26. The molecular weight excluding hydrogens is 349 g/mol. The lowest BCUT2D eigenvalue weighted by Crippen LogP contribution is -2.29. The van der Waals surface area contributed by atoms with Gasteiger partial charge in [-0.3, -0.25) is 0 Å². The smallest absolute Gasteiger partial charge is 0.207 e. The van der Waals surface area contributed by atoms with Crippen molar-refractivity contribution in [3.63, 3.8) is 0 Å². The summed E-state index contributed by atoms with van der Waals surface area (Å²) in [5.74, 6) is 0.249. The van der Waals surface area contributed by atoms with Crippen LogP contribution in [0.25, 0.3) is 0 Å². The number of halogens is 2. The molecule has 1 heterocycles. The Morgan fingerprint density at radius 2 is 2.05 bits per heavy atom. The monoisotopic (exact) mass is 363 g/mol. The summed E-state index contributed by atoms with van der Waals surface area (Å²) in [6.07, 6.45) is 0.681. The average molecular weight is 364 g/mol. The first-order chi connectivity index (χ1) is 9.95. The molecule has 2 rings (SSSR count). The Balaban J connectivity index is 2.20. The maximum absolute atomic E-state index is 12.6. The number of thiophene rings is 1. The van der Waals surface area contributed by atoms with Gasteiger partial charge in [0, 0.05) is 24.3 Å². The maximum atomic E-state index is 12.6. The minimum atomic E-state index is -3.61. The minimum absolute atomic E-state index is 0.107. The van der Waals surface area contributed by atoms with Gasteiger partial charge in [0.25, 0.3) is 0 Å². The lowest BCUT2D eigenvalue weighted by atomic mass is 10.2. The fourth-order valence-electron chi connectivity index (χ4n) is 1.84. The fraction of sp³-hybridized carbons (Fsp3) is 0.286. The third-order valence-corrected chi connectivity index (χ3v) is 6.67. The summed E-state index contributed by atoms with van der Waals surface area (Å²) in [6, 6.07) is 8.77. The molecule has 0 aliphatic heterocycles.